The molecule has 0 atom stereocenters. The number of aryl methyl sites for hydroxylation is 2. The van der Waals surface area contributed by atoms with E-state index in [9.17, 15) is 20.0 Å². The van der Waals surface area contributed by atoms with Gasteiger partial charge in [-0.25, -0.2) is 24.8 Å². The summed E-state index contributed by atoms with van der Waals surface area (Å²) in [6.45, 7) is 3.78. The number of thiophene rings is 1. The Hall–Kier alpha value is -4.57. The van der Waals surface area contributed by atoms with Gasteiger partial charge < -0.3 is 9.84 Å². The maximum Gasteiger partial charge on any atom is 0.338 e. The van der Waals surface area contributed by atoms with E-state index in [1.54, 1.807) is 37.4 Å². The van der Waals surface area contributed by atoms with Crippen molar-refractivity contribution in [1.29, 1.82) is 5.26 Å². The molecule has 214 valence electrons. The molecule has 0 aliphatic carbocycles. The third-order valence-corrected chi connectivity index (χ3v) is 7.67. The lowest BCUT2D eigenvalue weighted by Gasteiger charge is -2.24. The fourth-order valence-corrected chi connectivity index (χ4v) is 5.85. The normalized spacial score (nSPS) is 11.5. The maximum atomic E-state index is 13.6. The van der Waals surface area contributed by atoms with E-state index in [0.717, 1.165) is 5.56 Å². The first-order chi connectivity index (χ1) is 19.9. The summed E-state index contributed by atoms with van der Waals surface area (Å²) >= 11 is 7.66. The Labute approximate surface area is 249 Å². The van der Waals surface area contributed by atoms with Crippen molar-refractivity contribution in [2.24, 2.45) is 0 Å². The molecule has 0 aliphatic rings. The number of halogens is 1. The number of pyridine rings is 2. The van der Waals surface area contributed by atoms with Crippen molar-refractivity contribution >= 4 is 55.8 Å². The van der Waals surface area contributed by atoms with E-state index in [1.807, 2.05) is 27.2 Å². The zero-order valence-corrected chi connectivity index (χ0v) is 25.1. The third-order valence-electron chi connectivity index (χ3n) is 6.43. The van der Waals surface area contributed by atoms with Crippen LogP contribution in [0.1, 0.15) is 27.4 Å². The van der Waals surface area contributed by atoms with E-state index in [-0.39, 0.29) is 35.2 Å². The van der Waals surface area contributed by atoms with Gasteiger partial charge in [0, 0.05) is 27.2 Å². The number of benzene rings is 1. The highest BCUT2D eigenvalue weighted by Crippen LogP contribution is 2.40. The highest BCUT2D eigenvalue weighted by molar-refractivity contribution is 7.18. The zero-order valence-electron chi connectivity index (χ0n) is 23.5. The Balaban J connectivity index is 1.51. The van der Waals surface area contributed by atoms with Crippen molar-refractivity contribution in [1.82, 2.24) is 19.5 Å². The Bertz CT molecular complexity index is 1990. The van der Waals surface area contributed by atoms with Crippen LogP contribution in [-0.4, -0.2) is 62.9 Å². The molecule has 0 saturated carbocycles. The lowest BCUT2D eigenvalue weighted by Crippen LogP contribution is -2.41. The van der Waals surface area contributed by atoms with Gasteiger partial charge in [-0.1, -0.05) is 11.6 Å². The van der Waals surface area contributed by atoms with Crippen LogP contribution in [0.3, 0.4) is 0 Å². The van der Waals surface area contributed by atoms with Crippen LogP contribution in [0.5, 0.6) is 5.75 Å². The molecule has 5 aromatic rings. The standard InChI is InChI=1S/C29H26ClN7O4S/c1-15-10-19(26-25(33-15)21(14-42-26)29(39)40)18-11-17(30)6-7-23(18)41-9-8-36-16(2)34-22-13-32-27(35-37(3,4)5)20(12-31)24(22)28(36)38/h6-7,10-11,13-14H,8-9H2,1-5H3,(H-,32,35,39,40)/p+1. The molecule has 4 aromatic heterocycles. The lowest BCUT2D eigenvalue weighted by atomic mass is 10.0. The quantitative estimate of drug-likeness (QED) is 0.184. The van der Waals surface area contributed by atoms with E-state index in [1.165, 1.54) is 22.1 Å². The van der Waals surface area contributed by atoms with Gasteiger partial charge in [-0.05, 0) is 38.1 Å². The van der Waals surface area contributed by atoms with Crippen molar-refractivity contribution < 1.29 is 19.2 Å². The molecule has 0 fully saturated rings. The molecule has 0 unspecified atom stereocenters. The molecule has 13 heteroatoms. The fourth-order valence-electron chi connectivity index (χ4n) is 4.67. The van der Waals surface area contributed by atoms with Gasteiger partial charge in [0.15, 0.2) is 5.82 Å². The molecule has 2 N–H and O–H groups in total. The summed E-state index contributed by atoms with van der Waals surface area (Å²) in [6.07, 6.45) is 1.49. The second-order valence-electron chi connectivity index (χ2n) is 10.5. The molecule has 11 nitrogen and oxygen atoms in total. The first-order valence-electron chi connectivity index (χ1n) is 12.8. The van der Waals surface area contributed by atoms with Gasteiger partial charge in [-0.2, -0.15) is 5.26 Å². The Morgan fingerprint density at radius 3 is 2.67 bits per heavy atom. The molecule has 0 spiro atoms. The summed E-state index contributed by atoms with van der Waals surface area (Å²) < 4.78 is 8.66. The smallest absolute Gasteiger partial charge is 0.338 e. The number of fused-ring (bicyclic) bond motifs is 2. The van der Waals surface area contributed by atoms with Crippen LogP contribution in [0.4, 0.5) is 5.82 Å². The summed E-state index contributed by atoms with van der Waals surface area (Å²) in [7, 11) is 5.63. The molecule has 4 heterocycles. The van der Waals surface area contributed by atoms with Crippen molar-refractivity contribution in [3.8, 4) is 22.9 Å². The van der Waals surface area contributed by atoms with E-state index in [0.29, 0.717) is 54.0 Å². The molecular weight excluding hydrogens is 578 g/mol. The molecular formula is C29H27ClN7O4S+. The van der Waals surface area contributed by atoms with Gasteiger partial charge in [0.25, 0.3) is 5.56 Å². The third kappa shape index (κ3) is 5.49. The van der Waals surface area contributed by atoms with Gasteiger partial charge in [-0.15, -0.1) is 11.3 Å². The predicted octanol–water partition coefficient (Wildman–Crippen LogP) is 5.02. The number of quaternary nitrogens is 1. The van der Waals surface area contributed by atoms with Crippen LogP contribution in [0.15, 0.2) is 40.6 Å². The van der Waals surface area contributed by atoms with E-state index >= 15 is 0 Å². The summed E-state index contributed by atoms with van der Waals surface area (Å²) in [6, 6.07) is 9.18. The summed E-state index contributed by atoms with van der Waals surface area (Å²) in [4.78, 5) is 38.7. The minimum atomic E-state index is -1.05. The number of hydrogen-bond donors (Lipinski definition) is 2. The number of anilines is 1. The van der Waals surface area contributed by atoms with E-state index in [4.69, 9.17) is 16.3 Å². The molecule has 0 bridgehead atoms. The number of nitriles is 1. The predicted molar refractivity (Wildman–Crippen MR) is 162 cm³/mol. The first kappa shape index (κ1) is 28.9. The highest BCUT2D eigenvalue weighted by atomic mass is 35.5. The Morgan fingerprint density at radius 1 is 1.21 bits per heavy atom. The van der Waals surface area contributed by atoms with Crippen molar-refractivity contribution in [3.05, 3.63) is 73.9 Å². The number of nitrogens with zero attached hydrogens (tertiary/aromatic N) is 6. The number of carboxylic acid groups (broad SMARTS) is 1. The average molecular weight is 605 g/mol. The number of aromatic carboxylic acids is 1. The molecule has 42 heavy (non-hydrogen) atoms. The zero-order chi connectivity index (χ0) is 30.3. The Morgan fingerprint density at radius 2 is 1.98 bits per heavy atom. The molecule has 1 aromatic carbocycles. The van der Waals surface area contributed by atoms with Crippen molar-refractivity contribution in [3.63, 3.8) is 0 Å². The monoisotopic (exact) mass is 604 g/mol. The first-order valence-corrected chi connectivity index (χ1v) is 14.1. The maximum absolute atomic E-state index is 13.6. The van der Waals surface area contributed by atoms with E-state index < -0.39 is 5.97 Å². The topological polar surface area (TPSA) is 143 Å². The van der Waals surface area contributed by atoms with Gasteiger partial charge in [-0.3, -0.25) is 14.3 Å². The van der Waals surface area contributed by atoms with Crippen LogP contribution >= 0.6 is 22.9 Å². The van der Waals surface area contributed by atoms with Crippen molar-refractivity contribution in [2.75, 3.05) is 33.2 Å². The summed E-state index contributed by atoms with van der Waals surface area (Å²) in [5.41, 5.74) is 5.83. The summed E-state index contributed by atoms with van der Waals surface area (Å²) in [5.74, 6) is 0.213. The molecule has 5 rings (SSSR count). The number of rotatable bonds is 8. The van der Waals surface area contributed by atoms with Crippen LogP contribution in [0.2, 0.25) is 5.02 Å². The number of carboxylic acids is 1. The van der Waals surface area contributed by atoms with Crippen LogP contribution in [-0.2, 0) is 6.54 Å². The molecule has 0 saturated heterocycles. The minimum Gasteiger partial charge on any atom is -0.491 e. The van der Waals surface area contributed by atoms with Gasteiger partial charge in [0.1, 0.15) is 29.8 Å². The number of ether oxygens (including phenoxy) is 1. The van der Waals surface area contributed by atoms with Gasteiger partial charge in [0.2, 0.25) is 0 Å². The Kier molecular flexibility index (Phi) is 7.59. The van der Waals surface area contributed by atoms with E-state index in [2.05, 4.69) is 26.4 Å². The summed E-state index contributed by atoms with van der Waals surface area (Å²) in [5, 5.41) is 21.8. The highest BCUT2D eigenvalue weighted by Gasteiger charge is 2.21. The molecule has 0 amide bonds. The number of aromatic nitrogens is 4. The fraction of sp³-hybridized carbons (Fsp3) is 0.241. The largest absolute Gasteiger partial charge is 0.491 e. The van der Waals surface area contributed by atoms with Crippen LogP contribution in [0.25, 0.3) is 32.2 Å². The average Bonchev–Trinajstić information content (AvgIpc) is 3.34. The molecule has 0 radical (unpaired) electrons. The van der Waals surface area contributed by atoms with Crippen LogP contribution in [0, 0.1) is 25.2 Å². The second-order valence-corrected chi connectivity index (χ2v) is 11.8. The SMILES string of the molecule is Cc1cc(-c2cc(Cl)ccc2OCCn2c(C)nc3cnc(N[N+](C)(C)C)c(C#N)c3c2=O)c2scc(C(=O)O)c2n1. The minimum absolute atomic E-state index is 0.109. The number of carbonyl (C=O) groups is 1. The van der Waals surface area contributed by atoms with Crippen LogP contribution < -0.4 is 15.7 Å². The molecule has 0 aliphatic heterocycles. The second kappa shape index (κ2) is 11.0. The number of nitrogens with one attached hydrogen (secondary N) is 1. The number of hydrogen-bond acceptors (Lipinski definition) is 9. The lowest BCUT2D eigenvalue weighted by molar-refractivity contribution is -0.848. The van der Waals surface area contributed by atoms with Gasteiger partial charge in [0.05, 0.1) is 60.6 Å². The van der Waals surface area contributed by atoms with Gasteiger partial charge >= 0.3 is 5.97 Å². The van der Waals surface area contributed by atoms with Crippen molar-refractivity contribution in [2.45, 2.75) is 20.4 Å².